The van der Waals surface area contributed by atoms with Crippen molar-refractivity contribution in [2.24, 2.45) is 0 Å². The second-order valence-corrected chi connectivity index (χ2v) is 8.70. The molecule has 0 atom stereocenters. The zero-order valence-electron chi connectivity index (χ0n) is 11.8. The topological polar surface area (TPSA) is 58.2 Å². The molecule has 0 amide bonds. The summed E-state index contributed by atoms with van der Waals surface area (Å²) in [5, 5.41) is 3.27. The minimum absolute atomic E-state index is 0. The Hall–Kier alpha value is -0.630. The van der Waals surface area contributed by atoms with Crippen LogP contribution in [0.5, 0.6) is 0 Å². The molecule has 3 rings (SSSR count). The third-order valence-corrected chi connectivity index (χ3v) is 6.90. The first-order chi connectivity index (χ1) is 9.95. The van der Waals surface area contributed by atoms with Crippen LogP contribution in [-0.4, -0.2) is 8.42 Å². The molecule has 1 aromatic carbocycles. The summed E-state index contributed by atoms with van der Waals surface area (Å²) in [4.78, 5) is 0. The second-order valence-electron chi connectivity index (χ2n) is 5.05. The lowest BCUT2D eigenvalue weighted by Crippen LogP contribution is -2.22. The molecule has 0 fully saturated rings. The molecule has 0 unspecified atom stereocenters. The molecule has 0 radical (unpaired) electrons. The van der Waals surface area contributed by atoms with E-state index in [2.05, 4.69) is 10.0 Å². The van der Waals surface area contributed by atoms with Crippen LogP contribution < -0.4 is 10.0 Å². The van der Waals surface area contributed by atoms with Crippen molar-refractivity contribution < 1.29 is 8.42 Å². The van der Waals surface area contributed by atoms with Crippen molar-refractivity contribution in [3.8, 4) is 0 Å². The van der Waals surface area contributed by atoms with Gasteiger partial charge in [-0.15, -0.1) is 23.7 Å². The summed E-state index contributed by atoms with van der Waals surface area (Å²) in [6, 6.07) is 7.65. The maximum Gasteiger partial charge on any atom is 0.250 e. The Balaban J connectivity index is 0.00000176. The van der Waals surface area contributed by atoms with Gasteiger partial charge in [0.1, 0.15) is 4.21 Å². The van der Waals surface area contributed by atoms with Gasteiger partial charge in [0.2, 0.25) is 10.0 Å². The summed E-state index contributed by atoms with van der Waals surface area (Å²) < 4.78 is 27.9. The van der Waals surface area contributed by atoms with E-state index in [1.807, 2.05) is 18.2 Å². The van der Waals surface area contributed by atoms with Crippen molar-refractivity contribution >= 4 is 45.4 Å². The van der Waals surface area contributed by atoms with Gasteiger partial charge in [-0.05, 0) is 35.2 Å². The number of halogens is 2. The molecule has 1 aromatic heterocycles. The molecular formula is C14H16Cl2N2O2S2. The Morgan fingerprint density at radius 1 is 1.27 bits per heavy atom. The monoisotopic (exact) mass is 378 g/mol. The van der Waals surface area contributed by atoms with Gasteiger partial charge in [-0.1, -0.05) is 29.8 Å². The predicted octanol–water partition coefficient (Wildman–Crippen LogP) is 3.21. The van der Waals surface area contributed by atoms with E-state index in [4.69, 9.17) is 11.6 Å². The number of hydrogen-bond donors (Lipinski definition) is 2. The minimum atomic E-state index is -3.51. The first-order valence-corrected chi connectivity index (χ1v) is 9.20. The number of thiophene rings is 1. The highest BCUT2D eigenvalue weighted by Crippen LogP contribution is 2.30. The summed E-state index contributed by atoms with van der Waals surface area (Å²) in [6.45, 7) is 3.81. The first-order valence-electron chi connectivity index (χ1n) is 6.53. The SMILES string of the molecule is Cc1cc(S(=O)(=O)NCc2ccc3c(c2)CNC3)sc1Cl.Cl. The average Bonchev–Trinajstić information content (AvgIpc) is 3.04. The highest BCUT2D eigenvalue weighted by atomic mass is 35.5. The van der Waals surface area contributed by atoms with Crippen molar-refractivity contribution in [3.63, 3.8) is 0 Å². The number of benzene rings is 1. The first kappa shape index (κ1) is 17.7. The van der Waals surface area contributed by atoms with Crippen molar-refractivity contribution in [2.45, 2.75) is 30.8 Å². The fourth-order valence-corrected chi connectivity index (χ4v) is 5.04. The van der Waals surface area contributed by atoms with Crippen molar-refractivity contribution in [2.75, 3.05) is 0 Å². The zero-order chi connectivity index (χ0) is 15.0. The zero-order valence-corrected chi connectivity index (χ0v) is 15.1. The maximum absolute atomic E-state index is 12.2. The lowest BCUT2D eigenvalue weighted by molar-refractivity contribution is 0.583. The Labute approximate surface area is 145 Å². The molecule has 1 aliphatic heterocycles. The van der Waals surface area contributed by atoms with Gasteiger partial charge in [0.05, 0.1) is 4.34 Å². The van der Waals surface area contributed by atoms with E-state index in [0.717, 1.165) is 35.6 Å². The number of sulfonamides is 1. The van der Waals surface area contributed by atoms with Crippen LogP contribution in [0.25, 0.3) is 0 Å². The van der Waals surface area contributed by atoms with E-state index in [1.165, 1.54) is 11.1 Å². The summed E-state index contributed by atoms with van der Waals surface area (Å²) in [5.41, 5.74) is 4.26. The van der Waals surface area contributed by atoms with E-state index >= 15 is 0 Å². The lowest BCUT2D eigenvalue weighted by Gasteiger charge is -2.06. The normalized spacial score (nSPS) is 13.7. The molecule has 0 saturated carbocycles. The molecule has 2 N–H and O–H groups in total. The quantitative estimate of drug-likeness (QED) is 0.858. The van der Waals surface area contributed by atoms with Crippen LogP contribution in [0.3, 0.4) is 0 Å². The maximum atomic E-state index is 12.2. The number of nitrogens with one attached hydrogen (secondary N) is 2. The standard InChI is InChI=1S/C14H15ClN2O2S2.ClH/c1-9-4-13(20-14(9)15)21(18,19)17-6-10-2-3-11-7-16-8-12(11)5-10;/h2-5,16-17H,6-8H2,1H3;1H. The molecule has 8 heteroatoms. The lowest BCUT2D eigenvalue weighted by atomic mass is 10.1. The molecular weight excluding hydrogens is 363 g/mol. The number of aryl methyl sites for hydroxylation is 1. The van der Waals surface area contributed by atoms with Crippen molar-refractivity contribution in [3.05, 3.63) is 50.9 Å². The Morgan fingerprint density at radius 3 is 2.68 bits per heavy atom. The van der Waals surface area contributed by atoms with E-state index < -0.39 is 10.0 Å². The second kappa shape index (κ2) is 6.86. The van der Waals surface area contributed by atoms with Crippen LogP contribution in [0.4, 0.5) is 0 Å². The molecule has 2 heterocycles. The van der Waals surface area contributed by atoms with Gasteiger partial charge in [-0.2, -0.15) is 0 Å². The van der Waals surface area contributed by atoms with Crippen molar-refractivity contribution in [1.82, 2.24) is 10.0 Å². The Morgan fingerprint density at radius 2 is 2.00 bits per heavy atom. The summed E-state index contributed by atoms with van der Waals surface area (Å²) in [7, 11) is -3.51. The average molecular weight is 379 g/mol. The molecule has 0 saturated heterocycles. The molecule has 120 valence electrons. The van der Waals surface area contributed by atoms with Crippen LogP contribution in [-0.2, 0) is 29.7 Å². The van der Waals surface area contributed by atoms with Crippen LogP contribution in [0.15, 0.2) is 28.5 Å². The van der Waals surface area contributed by atoms with Gasteiger partial charge in [0, 0.05) is 19.6 Å². The number of hydrogen-bond acceptors (Lipinski definition) is 4. The summed E-state index contributed by atoms with van der Waals surface area (Å²) >= 11 is 7.02. The Bertz CT molecular complexity index is 769. The van der Waals surface area contributed by atoms with E-state index in [9.17, 15) is 8.42 Å². The van der Waals surface area contributed by atoms with Gasteiger partial charge >= 0.3 is 0 Å². The van der Waals surface area contributed by atoms with Crippen LogP contribution in [0.2, 0.25) is 4.34 Å². The van der Waals surface area contributed by atoms with Gasteiger partial charge in [-0.3, -0.25) is 0 Å². The minimum Gasteiger partial charge on any atom is -0.309 e. The third-order valence-electron chi connectivity index (χ3n) is 3.47. The third kappa shape index (κ3) is 3.64. The fourth-order valence-electron chi connectivity index (χ4n) is 2.27. The molecule has 1 aliphatic rings. The van der Waals surface area contributed by atoms with Crippen LogP contribution >= 0.6 is 35.3 Å². The van der Waals surface area contributed by atoms with Gasteiger partial charge in [0.15, 0.2) is 0 Å². The van der Waals surface area contributed by atoms with Gasteiger partial charge in [0.25, 0.3) is 0 Å². The predicted molar refractivity (Wildman–Crippen MR) is 92.3 cm³/mol. The van der Waals surface area contributed by atoms with E-state index in [0.29, 0.717) is 4.34 Å². The molecule has 0 aliphatic carbocycles. The van der Waals surface area contributed by atoms with Crippen molar-refractivity contribution in [1.29, 1.82) is 0 Å². The fraction of sp³-hybridized carbons (Fsp3) is 0.286. The molecule has 2 aromatic rings. The highest BCUT2D eigenvalue weighted by Gasteiger charge is 2.18. The molecule has 22 heavy (non-hydrogen) atoms. The molecule has 0 spiro atoms. The number of rotatable bonds is 4. The van der Waals surface area contributed by atoms with Gasteiger partial charge < -0.3 is 5.32 Å². The van der Waals surface area contributed by atoms with E-state index in [-0.39, 0.29) is 23.2 Å². The number of fused-ring (bicyclic) bond motifs is 1. The Kier molecular flexibility index (Phi) is 5.53. The van der Waals surface area contributed by atoms with Crippen LogP contribution in [0, 0.1) is 6.92 Å². The van der Waals surface area contributed by atoms with Crippen LogP contribution in [0.1, 0.15) is 22.3 Å². The van der Waals surface area contributed by atoms with E-state index in [1.54, 1.807) is 13.0 Å². The smallest absolute Gasteiger partial charge is 0.250 e. The molecule has 0 bridgehead atoms. The largest absolute Gasteiger partial charge is 0.309 e. The van der Waals surface area contributed by atoms with Gasteiger partial charge in [-0.25, -0.2) is 13.1 Å². The highest BCUT2D eigenvalue weighted by molar-refractivity contribution is 7.91. The summed E-state index contributed by atoms with van der Waals surface area (Å²) in [6.07, 6.45) is 0. The molecule has 4 nitrogen and oxygen atoms in total. The summed E-state index contributed by atoms with van der Waals surface area (Å²) in [5.74, 6) is 0.